The van der Waals surface area contributed by atoms with Gasteiger partial charge >= 0.3 is 6.03 Å². The second-order valence-corrected chi connectivity index (χ2v) is 7.92. The number of halogens is 1. The van der Waals surface area contributed by atoms with Crippen LogP contribution in [0.5, 0.6) is 0 Å². The highest BCUT2D eigenvalue weighted by Gasteiger charge is 2.23. The Morgan fingerprint density at radius 2 is 1.89 bits per heavy atom. The molecule has 0 radical (unpaired) electrons. The number of hydrogen-bond acceptors (Lipinski definition) is 3. The molecule has 154 valence electrons. The van der Waals surface area contributed by atoms with E-state index < -0.39 is 5.82 Å². The number of likely N-dealkylation sites (tertiary alicyclic amines) is 1. The number of carbonyl (C=O) groups is 2. The van der Waals surface area contributed by atoms with Crippen molar-refractivity contribution >= 4 is 11.9 Å². The topological polar surface area (TPSA) is 55.9 Å². The quantitative estimate of drug-likeness (QED) is 0.859. The predicted octanol–water partition coefficient (Wildman–Crippen LogP) is 2.42. The zero-order valence-corrected chi connectivity index (χ0v) is 16.7. The van der Waals surface area contributed by atoms with Crippen molar-refractivity contribution in [2.45, 2.75) is 26.2 Å². The Morgan fingerprint density at radius 1 is 1.11 bits per heavy atom. The predicted molar refractivity (Wildman–Crippen MR) is 107 cm³/mol. The second-order valence-electron chi connectivity index (χ2n) is 7.92. The molecule has 3 amide bonds. The molecule has 1 N–H and O–H groups in total. The Labute approximate surface area is 166 Å². The maximum Gasteiger partial charge on any atom is 0.317 e. The Kier molecular flexibility index (Phi) is 7.25. The number of urea groups is 1. The molecule has 6 nitrogen and oxygen atoms in total. The second kappa shape index (κ2) is 9.87. The highest BCUT2D eigenvalue weighted by atomic mass is 19.1. The summed E-state index contributed by atoms with van der Waals surface area (Å²) < 4.78 is 13.4. The van der Waals surface area contributed by atoms with E-state index in [0.29, 0.717) is 38.3 Å². The third kappa shape index (κ3) is 5.67. The summed E-state index contributed by atoms with van der Waals surface area (Å²) in [6.07, 6.45) is 3.25. The van der Waals surface area contributed by atoms with Crippen molar-refractivity contribution < 1.29 is 14.0 Å². The van der Waals surface area contributed by atoms with Gasteiger partial charge in [0.15, 0.2) is 0 Å². The first-order chi connectivity index (χ1) is 13.5. The number of hydrogen-bond donors (Lipinski definition) is 1. The lowest BCUT2D eigenvalue weighted by molar-refractivity contribution is 0.0761. The lowest BCUT2D eigenvalue weighted by Gasteiger charge is -2.31. The molecule has 0 aliphatic carbocycles. The molecule has 2 fully saturated rings. The summed E-state index contributed by atoms with van der Waals surface area (Å²) >= 11 is 0. The zero-order valence-electron chi connectivity index (χ0n) is 16.7. The summed E-state index contributed by atoms with van der Waals surface area (Å²) in [4.78, 5) is 31.0. The molecule has 2 aliphatic rings. The molecule has 28 heavy (non-hydrogen) atoms. The number of benzene rings is 1. The van der Waals surface area contributed by atoms with Gasteiger partial charge in [0.25, 0.3) is 5.91 Å². The van der Waals surface area contributed by atoms with Crippen LogP contribution in [0.25, 0.3) is 0 Å². The molecule has 0 spiro atoms. The van der Waals surface area contributed by atoms with Crippen LogP contribution in [0.2, 0.25) is 0 Å². The van der Waals surface area contributed by atoms with Crippen LogP contribution in [0, 0.1) is 11.7 Å². The van der Waals surface area contributed by atoms with E-state index in [2.05, 4.69) is 17.1 Å². The molecule has 2 aliphatic heterocycles. The van der Waals surface area contributed by atoms with Gasteiger partial charge in [-0.3, -0.25) is 4.79 Å². The molecule has 1 aromatic rings. The van der Waals surface area contributed by atoms with Gasteiger partial charge in [0.05, 0.1) is 0 Å². The average molecular weight is 391 g/mol. The largest absolute Gasteiger partial charge is 0.337 e. The maximum absolute atomic E-state index is 13.4. The summed E-state index contributed by atoms with van der Waals surface area (Å²) in [6, 6.07) is 5.70. The summed E-state index contributed by atoms with van der Waals surface area (Å²) in [5.74, 6) is 0.141. The van der Waals surface area contributed by atoms with E-state index in [0.717, 1.165) is 32.0 Å². The van der Waals surface area contributed by atoms with Crippen molar-refractivity contribution in [1.29, 1.82) is 0 Å². The first kappa shape index (κ1) is 20.6. The highest BCUT2D eigenvalue weighted by molar-refractivity contribution is 5.94. The van der Waals surface area contributed by atoms with E-state index >= 15 is 0 Å². The molecular formula is C21H31FN4O2. The molecule has 1 unspecified atom stereocenters. The first-order valence-electron chi connectivity index (χ1n) is 10.3. The van der Waals surface area contributed by atoms with Gasteiger partial charge in [-0.1, -0.05) is 13.0 Å². The Morgan fingerprint density at radius 3 is 2.68 bits per heavy atom. The van der Waals surface area contributed by atoms with Crippen LogP contribution in [0.1, 0.15) is 36.5 Å². The van der Waals surface area contributed by atoms with Crippen molar-refractivity contribution in [3.63, 3.8) is 0 Å². The monoisotopic (exact) mass is 390 g/mol. The molecule has 0 aromatic heterocycles. The van der Waals surface area contributed by atoms with E-state index in [4.69, 9.17) is 0 Å². The molecule has 1 atom stereocenters. The highest BCUT2D eigenvalue weighted by Crippen LogP contribution is 2.14. The van der Waals surface area contributed by atoms with Crippen molar-refractivity contribution in [2.75, 3.05) is 52.4 Å². The fraction of sp³-hybridized carbons (Fsp3) is 0.619. The van der Waals surface area contributed by atoms with Crippen molar-refractivity contribution in [2.24, 2.45) is 5.92 Å². The van der Waals surface area contributed by atoms with Gasteiger partial charge in [-0.15, -0.1) is 0 Å². The third-order valence-corrected chi connectivity index (χ3v) is 5.59. The molecule has 2 saturated heterocycles. The number of nitrogens with zero attached hydrogens (tertiary/aromatic N) is 3. The van der Waals surface area contributed by atoms with Crippen LogP contribution in [0.15, 0.2) is 24.3 Å². The van der Waals surface area contributed by atoms with E-state index in [1.807, 2.05) is 0 Å². The van der Waals surface area contributed by atoms with Crippen LogP contribution in [0.3, 0.4) is 0 Å². The van der Waals surface area contributed by atoms with Crippen LogP contribution in [0.4, 0.5) is 9.18 Å². The third-order valence-electron chi connectivity index (χ3n) is 5.59. The van der Waals surface area contributed by atoms with Crippen LogP contribution >= 0.6 is 0 Å². The number of carbonyl (C=O) groups excluding carboxylic acids is 2. The van der Waals surface area contributed by atoms with Gasteiger partial charge in [-0.05, 0) is 49.9 Å². The smallest absolute Gasteiger partial charge is 0.317 e. The number of amides is 3. The van der Waals surface area contributed by atoms with Gasteiger partial charge in [0, 0.05) is 51.4 Å². The van der Waals surface area contributed by atoms with E-state index in [9.17, 15) is 14.0 Å². The van der Waals surface area contributed by atoms with Gasteiger partial charge in [-0.2, -0.15) is 0 Å². The number of nitrogens with one attached hydrogen (secondary N) is 1. The fourth-order valence-corrected chi connectivity index (χ4v) is 4.05. The number of rotatable bonds is 4. The summed E-state index contributed by atoms with van der Waals surface area (Å²) in [5, 5.41) is 3.02. The van der Waals surface area contributed by atoms with Gasteiger partial charge in [-0.25, -0.2) is 9.18 Å². The van der Waals surface area contributed by atoms with Gasteiger partial charge < -0.3 is 20.0 Å². The van der Waals surface area contributed by atoms with Crippen molar-refractivity contribution in [3.05, 3.63) is 35.6 Å². The maximum atomic E-state index is 13.4. The lowest BCUT2D eigenvalue weighted by Crippen LogP contribution is -2.46. The van der Waals surface area contributed by atoms with Crippen LogP contribution in [-0.2, 0) is 0 Å². The van der Waals surface area contributed by atoms with E-state index in [-0.39, 0.29) is 11.9 Å². The van der Waals surface area contributed by atoms with Crippen molar-refractivity contribution in [3.8, 4) is 0 Å². The standard InChI is InChI=1S/C21H31FN4O2/c1-17-5-3-9-24(16-17)12-8-23-21(28)26-11-4-10-25(13-14-26)20(27)18-6-2-7-19(22)15-18/h2,6-7,15,17H,3-5,8-14,16H2,1H3,(H,23,28). The molecule has 1 aromatic carbocycles. The minimum Gasteiger partial charge on any atom is -0.337 e. The average Bonchev–Trinajstić information content (AvgIpc) is 2.94. The van der Waals surface area contributed by atoms with Gasteiger partial charge in [0.2, 0.25) is 0 Å². The zero-order chi connectivity index (χ0) is 19.9. The molecule has 0 saturated carbocycles. The Balaban J connectivity index is 1.44. The van der Waals surface area contributed by atoms with E-state index in [1.165, 1.54) is 25.0 Å². The van der Waals surface area contributed by atoms with Crippen LogP contribution in [-0.4, -0.2) is 79.0 Å². The minimum atomic E-state index is -0.412. The Hall–Kier alpha value is -2.15. The SMILES string of the molecule is CC1CCCN(CCNC(=O)N2CCCN(C(=O)c3cccc(F)c3)CC2)C1. The summed E-state index contributed by atoms with van der Waals surface area (Å²) in [7, 11) is 0. The molecular weight excluding hydrogens is 359 g/mol. The normalized spacial score (nSPS) is 21.3. The molecule has 3 rings (SSSR count). The van der Waals surface area contributed by atoms with Gasteiger partial charge in [0.1, 0.15) is 5.82 Å². The molecule has 2 heterocycles. The number of piperidine rings is 1. The first-order valence-corrected chi connectivity index (χ1v) is 10.3. The fourth-order valence-electron chi connectivity index (χ4n) is 4.05. The summed E-state index contributed by atoms with van der Waals surface area (Å²) in [5.41, 5.74) is 0.355. The van der Waals surface area contributed by atoms with Crippen molar-refractivity contribution in [1.82, 2.24) is 20.0 Å². The van der Waals surface area contributed by atoms with E-state index in [1.54, 1.807) is 21.9 Å². The molecule has 7 heteroatoms. The lowest BCUT2D eigenvalue weighted by atomic mass is 10.0. The summed E-state index contributed by atoms with van der Waals surface area (Å²) in [6.45, 7) is 8.18. The molecule has 0 bridgehead atoms. The van der Waals surface area contributed by atoms with Crippen LogP contribution < -0.4 is 5.32 Å². The Bertz CT molecular complexity index is 684. The minimum absolute atomic E-state index is 0.0647.